The first kappa shape index (κ1) is 7.83. The van der Waals surface area contributed by atoms with Crippen LogP contribution in [-0.2, 0) is 4.79 Å². The number of hydrogen-bond acceptors (Lipinski definition) is 3. The van der Waals surface area contributed by atoms with Crippen molar-refractivity contribution in [1.29, 1.82) is 0 Å². The van der Waals surface area contributed by atoms with Gasteiger partial charge in [-0.15, -0.1) is 0 Å². The molecule has 1 heterocycles. The number of thioether (sulfide) groups is 1. The Hall–Kier alpha value is -0.800. The van der Waals surface area contributed by atoms with Crippen molar-refractivity contribution < 1.29 is 9.59 Å². The molecule has 60 valence electrons. The molecular formula is C8H3ClO2S. The van der Waals surface area contributed by atoms with Gasteiger partial charge in [0.05, 0.1) is 0 Å². The SMILES string of the molecule is O=C1Sc2ccc(Cl)cc2C1=O. The lowest BCUT2D eigenvalue weighted by Gasteiger charge is -1.93. The van der Waals surface area contributed by atoms with Crippen LogP contribution in [0, 0.1) is 0 Å². The number of fused-ring (bicyclic) bond motifs is 1. The molecule has 0 unspecified atom stereocenters. The summed E-state index contributed by atoms with van der Waals surface area (Å²) in [6, 6.07) is 4.88. The molecule has 1 aromatic rings. The van der Waals surface area contributed by atoms with Crippen molar-refractivity contribution in [2.45, 2.75) is 4.90 Å². The Bertz CT molecular complexity index is 387. The van der Waals surface area contributed by atoms with Gasteiger partial charge in [-0.25, -0.2) is 0 Å². The predicted octanol–water partition coefficient (Wildman–Crippen LogP) is 2.16. The van der Waals surface area contributed by atoms with Crippen molar-refractivity contribution in [2.75, 3.05) is 0 Å². The summed E-state index contributed by atoms with van der Waals surface area (Å²) in [5.74, 6) is -0.447. The standard InChI is InChI=1S/C8H3ClO2S/c9-4-1-2-6-5(3-4)7(10)8(11)12-6/h1-3H. The Balaban J connectivity index is 2.63. The van der Waals surface area contributed by atoms with Gasteiger partial charge in [-0.05, 0) is 30.0 Å². The van der Waals surface area contributed by atoms with Gasteiger partial charge in [0.25, 0.3) is 5.12 Å². The van der Waals surface area contributed by atoms with Crippen molar-refractivity contribution in [2.24, 2.45) is 0 Å². The van der Waals surface area contributed by atoms with E-state index in [9.17, 15) is 9.59 Å². The molecule has 1 aromatic carbocycles. The van der Waals surface area contributed by atoms with E-state index in [-0.39, 0.29) is 0 Å². The maximum atomic E-state index is 11.1. The molecule has 1 aliphatic heterocycles. The molecule has 0 amide bonds. The molecule has 0 aromatic heterocycles. The number of ketones is 1. The van der Waals surface area contributed by atoms with Crippen molar-refractivity contribution in [3.05, 3.63) is 28.8 Å². The maximum Gasteiger partial charge on any atom is 0.264 e. The average Bonchev–Trinajstić information content (AvgIpc) is 2.31. The Morgan fingerprint density at radius 3 is 2.75 bits per heavy atom. The van der Waals surface area contributed by atoms with E-state index in [1.807, 2.05) is 0 Å². The second-order valence-corrected chi connectivity index (χ2v) is 3.81. The number of carbonyl (C=O) groups excluding carboxylic acids is 2. The minimum Gasteiger partial charge on any atom is -0.284 e. The number of Topliss-reactive ketones (excluding diaryl/α,β-unsaturated/α-hetero) is 1. The lowest BCUT2D eigenvalue weighted by Crippen LogP contribution is -2.01. The summed E-state index contributed by atoms with van der Waals surface area (Å²) in [5.41, 5.74) is 0.428. The van der Waals surface area contributed by atoms with Crippen LogP contribution in [0.2, 0.25) is 5.02 Å². The van der Waals surface area contributed by atoms with Crippen molar-refractivity contribution >= 4 is 34.3 Å². The molecular weight excluding hydrogens is 196 g/mol. The van der Waals surface area contributed by atoms with Gasteiger partial charge in [0, 0.05) is 15.5 Å². The van der Waals surface area contributed by atoms with E-state index in [2.05, 4.69) is 0 Å². The van der Waals surface area contributed by atoms with Crippen molar-refractivity contribution in [1.82, 2.24) is 0 Å². The fourth-order valence-electron chi connectivity index (χ4n) is 1.02. The molecule has 12 heavy (non-hydrogen) atoms. The molecule has 0 aliphatic carbocycles. The molecule has 0 N–H and O–H groups in total. The molecule has 0 saturated carbocycles. The van der Waals surface area contributed by atoms with E-state index >= 15 is 0 Å². The predicted molar refractivity (Wildman–Crippen MR) is 46.6 cm³/mol. The van der Waals surface area contributed by atoms with E-state index in [4.69, 9.17) is 11.6 Å². The van der Waals surface area contributed by atoms with Crippen molar-refractivity contribution in [3.63, 3.8) is 0 Å². The van der Waals surface area contributed by atoms with Gasteiger partial charge in [-0.3, -0.25) is 9.59 Å². The summed E-state index contributed by atoms with van der Waals surface area (Å²) in [6.07, 6.45) is 0. The van der Waals surface area contributed by atoms with Crippen LogP contribution < -0.4 is 0 Å². The second-order valence-electron chi connectivity index (χ2n) is 2.36. The smallest absolute Gasteiger partial charge is 0.264 e. The molecule has 0 spiro atoms. The summed E-state index contributed by atoms with van der Waals surface area (Å²) >= 11 is 6.62. The van der Waals surface area contributed by atoms with Crippen LogP contribution >= 0.6 is 23.4 Å². The van der Waals surface area contributed by atoms with Crippen LogP contribution in [0.1, 0.15) is 10.4 Å². The highest BCUT2D eigenvalue weighted by Crippen LogP contribution is 2.33. The summed E-state index contributed by atoms with van der Waals surface area (Å²) in [5, 5.41) is 0.0599. The van der Waals surface area contributed by atoms with E-state index in [0.717, 1.165) is 11.8 Å². The lowest BCUT2D eigenvalue weighted by atomic mass is 10.1. The highest BCUT2D eigenvalue weighted by Gasteiger charge is 2.29. The third kappa shape index (κ3) is 1.06. The monoisotopic (exact) mass is 198 g/mol. The molecule has 2 rings (SSSR count). The van der Waals surface area contributed by atoms with E-state index in [0.29, 0.717) is 15.5 Å². The first-order chi connectivity index (χ1) is 5.68. The van der Waals surface area contributed by atoms with Gasteiger partial charge in [-0.1, -0.05) is 11.6 Å². The summed E-state index contributed by atoms with van der Waals surface area (Å²) < 4.78 is 0. The minimum atomic E-state index is -0.447. The second kappa shape index (κ2) is 2.61. The van der Waals surface area contributed by atoms with Crippen LogP contribution in [0.15, 0.2) is 23.1 Å². The molecule has 0 radical (unpaired) electrons. The Morgan fingerprint density at radius 1 is 1.25 bits per heavy atom. The van der Waals surface area contributed by atoms with Gasteiger partial charge in [0.1, 0.15) is 0 Å². The number of benzene rings is 1. The summed E-state index contributed by atoms with van der Waals surface area (Å²) in [6.45, 7) is 0. The lowest BCUT2D eigenvalue weighted by molar-refractivity contribution is -0.107. The first-order valence-corrected chi connectivity index (χ1v) is 4.44. The molecule has 0 fully saturated rings. The van der Waals surface area contributed by atoms with Crippen LogP contribution in [0.3, 0.4) is 0 Å². The van der Waals surface area contributed by atoms with E-state index in [1.54, 1.807) is 12.1 Å². The zero-order valence-electron chi connectivity index (χ0n) is 5.83. The Labute approximate surface area is 77.9 Å². The van der Waals surface area contributed by atoms with E-state index in [1.165, 1.54) is 6.07 Å². The topological polar surface area (TPSA) is 34.1 Å². The fraction of sp³-hybridized carbons (Fsp3) is 0. The van der Waals surface area contributed by atoms with Gasteiger partial charge in [0.15, 0.2) is 0 Å². The normalized spacial score (nSPS) is 15.1. The third-order valence-corrected chi connectivity index (χ3v) is 2.76. The number of halogens is 1. The van der Waals surface area contributed by atoms with Gasteiger partial charge >= 0.3 is 0 Å². The fourth-order valence-corrected chi connectivity index (χ4v) is 2.00. The molecule has 0 atom stereocenters. The molecule has 0 bridgehead atoms. The Morgan fingerprint density at radius 2 is 2.00 bits per heavy atom. The van der Waals surface area contributed by atoms with Crippen LogP contribution in [0.4, 0.5) is 0 Å². The first-order valence-electron chi connectivity index (χ1n) is 3.24. The number of carbonyl (C=O) groups is 2. The molecule has 4 heteroatoms. The van der Waals surface area contributed by atoms with Gasteiger partial charge in [-0.2, -0.15) is 0 Å². The summed E-state index contributed by atoms with van der Waals surface area (Å²) in [7, 11) is 0. The van der Waals surface area contributed by atoms with Crippen molar-refractivity contribution in [3.8, 4) is 0 Å². The minimum absolute atomic E-state index is 0.424. The van der Waals surface area contributed by atoms with Crippen LogP contribution in [0.5, 0.6) is 0 Å². The largest absolute Gasteiger partial charge is 0.284 e. The van der Waals surface area contributed by atoms with Crippen LogP contribution in [0.25, 0.3) is 0 Å². The quantitative estimate of drug-likeness (QED) is 0.599. The third-order valence-electron chi connectivity index (χ3n) is 1.57. The zero-order valence-corrected chi connectivity index (χ0v) is 7.41. The van der Waals surface area contributed by atoms with Gasteiger partial charge < -0.3 is 0 Å². The number of rotatable bonds is 0. The maximum absolute atomic E-state index is 11.1. The molecule has 0 saturated heterocycles. The highest BCUT2D eigenvalue weighted by atomic mass is 35.5. The summed E-state index contributed by atoms with van der Waals surface area (Å²) in [4.78, 5) is 22.7. The van der Waals surface area contributed by atoms with Gasteiger partial charge in [0.2, 0.25) is 5.78 Å². The molecule has 1 aliphatic rings. The Kier molecular flexibility index (Phi) is 1.70. The average molecular weight is 199 g/mol. The highest BCUT2D eigenvalue weighted by molar-refractivity contribution is 8.16. The van der Waals surface area contributed by atoms with Crippen LogP contribution in [-0.4, -0.2) is 10.9 Å². The zero-order chi connectivity index (χ0) is 8.72. The number of hydrogen-bond donors (Lipinski definition) is 0. The van der Waals surface area contributed by atoms with E-state index < -0.39 is 10.9 Å². The molecule has 2 nitrogen and oxygen atoms in total.